The van der Waals surface area contributed by atoms with Gasteiger partial charge in [0.05, 0.1) is 0 Å². The zero-order valence-electron chi connectivity index (χ0n) is 14.8. The van der Waals surface area contributed by atoms with E-state index >= 15 is 0 Å². The fourth-order valence-corrected chi connectivity index (χ4v) is 3.69. The van der Waals surface area contributed by atoms with Crippen LogP contribution in [0.4, 0.5) is 0 Å². The summed E-state index contributed by atoms with van der Waals surface area (Å²) in [6, 6.07) is 5.80. The number of hydrogen-bond acceptors (Lipinski definition) is 5. The van der Waals surface area contributed by atoms with Crippen LogP contribution in [0, 0.1) is 13.8 Å². The van der Waals surface area contributed by atoms with Crippen molar-refractivity contribution in [2.45, 2.75) is 20.4 Å². The molecule has 1 fully saturated rings. The first-order valence-corrected chi connectivity index (χ1v) is 9.94. The molecule has 4 nitrogen and oxygen atoms in total. The van der Waals surface area contributed by atoms with Crippen LogP contribution in [-0.4, -0.2) is 54.5 Å². The molecular formula is C19H26N2O2S. The molecule has 0 N–H and O–H groups in total. The van der Waals surface area contributed by atoms with Crippen LogP contribution in [0.5, 0.6) is 0 Å². The Balaban J connectivity index is 1.76. The number of piperazine rings is 1. The normalized spacial score (nSPS) is 16.8. The third kappa shape index (κ3) is 4.02. The highest BCUT2D eigenvalue weighted by atomic mass is 32.2. The van der Waals surface area contributed by atoms with E-state index in [-0.39, 0.29) is 5.63 Å². The molecule has 130 valence electrons. The van der Waals surface area contributed by atoms with Gasteiger partial charge in [-0.2, -0.15) is 11.8 Å². The van der Waals surface area contributed by atoms with Crippen molar-refractivity contribution >= 4 is 22.7 Å². The number of fused-ring (bicyclic) bond motifs is 1. The summed E-state index contributed by atoms with van der Waals surface area (Å²) in [5.41, 5.74) is 3.94. The van der Waals surface area contributed by atoms with Crippen LogP contribution in [0.25, 0.3) is 11.0 Å². The highest BCUT2D eigenvalue weighted by Gasteiger charge is 2.18. The van der Waals surface area contributed by atoms with Crippen LogP contribution in [0.2, 0.25) is 0 Å². The minimum Gasteiger partial charge on any atom is -0.423 e. The van der Waals surface area contributed by atoms with Crippen LogP contribution in [0.3, 0.4) is 0 Å². The van der Waals surface area contributed by atoms with Gasteiger partial charge >= 0.3 is 5.63 Å². The highest BCUT2D eigenvalue weighted by molar-refractivity contribution is 7.98. The van der Waals surface area contributed by atoms with E-state index in [1.807, 2.05) is 17.8 Å². The summed E-state index contributed by atoms with van der Waals surface area (Å²) >= 11 is 1.90. The minimum atomic E-state index is -0.251. The maximum Gasteiger partial charge on any atom is 0.336 e. The Morgan fingerprint density at radius 1 is 1.04 bits per heavy atom. The van der Waals surface area contributed by atoms with Gasteiger partial charge in [-0.25, -0.2) is 4.79 Å². The molecule has 0 atom stereocenters. The van der Waals surface area contributed by atoms with E-state index in [4.69, 9.17) is 4.42 Å². The first-order valence-electron chi connectivity index (χ1n) is 8.54. The number of nitrogens with zero attached hydrogens (tertiary/aromatic N) is 2. The number of hydrogen-bond donors (Lipinski definition) is 0. The first kappa shape index (κ1) is 17.5. The van der Waals surface area contributed by atoms with Gasteiger partial charge in [0, 0.05) is 56.5 Å². The lowest BCUT2D eigenvalue weighted by atomic mass is 10.0. The van der Waals surface area contributed by atoms with Crippen molar-refractivity contribution in [2.75, 3.05) is 44.7 Å². The summed E-state index contributed by atoms with van der Waals surface area (Å²) in [6.45, 7) is 10.5. The molecule has 0 radical (unpaired) electrons. The van der Waals surface area contributed by atoms with Crippen molar-refractivity contribution < 1.29 is 4.42 Å². The van der Waals surface area contributed by atoms with Gasteiger partial charge < -0.3 is 4.42 Å². The number of aryl methyl sites for hydroxylation is 2. The molecule has 1 aliphatic heterocycles. The van der Waals surface area contributed by atoms with E-state index in [1.54, 1.807) is 6.07 Å². The quantitative estimate of drug-likeness (QED) is 0.778. The Labute approximate surface area is 147 Å². The smallest absolute Gasteiger partial charge is 0.336 e. The largest absolute Gasteiger partial charge is 0.423 e. The predicted octanol–water partition coefficient (Wildman–Crippen LogP) is 2.89. The van der Waals surface area contributed by atoms with Crippen LogP contribution >= 0.6 is 11.8 Å². The monoisotopic (exact) mass is 346 g/mol. The standard InChI is InChI=1S/C19H26N2O2S/c1-14-10-17-16(12-19(22)23-18(17)11-15(14)2)13-21-6-4-20(5-7-21)8-9-24-3/h10-12H,4-9,13H2,1-3H3. The number of thioether (sulfide) groups is 1. The van der Waals surface area contributed by atoms with Crippen molar-refractivity contribution in [3.8, 4) is 0 Å². The summed E-state index contributed by atoms with van der Waals surface area (Å²) in [5.74, 6) is 1.20. The Morgan fingerprint density at radius 2 is 1.71 bits per heavy atom. The van der Waals surface area contributed by atoms with E-state index in [2.05, 4.69) is 36.0 Å². The fourth-order valence-electron chi connectivity index (χ4n) is 3.25. The van der Waals surface area contributed by atoms with E-state index in [1.165, 1.54) is 17.9 Å². The molecule has 2 aromatic rings. The van der Waals surface area contributed by atoms with Crippen LogP contribution in [0.1, 0.15) is 16.7 Å². The molecule has 1 aliphatic rings. The van der Waals surface area contributed by atoms with Gasteiger partial charge in [0.2, 0.25) is 0 Å². The lowest BCUT2D eigenvalue weighted by Gasteiger charge is -2.34. The average Bonchev–Trinajstić information content (AvgIpc) is 2.56. The first-order chi connectivity index (χ1) is 11.6. The van der Waals surface area contributed by atoms with Gasteiger partial charge in [0.25, 0.3) is 0 Å². The van der Waals surface area contributed by atoms with E-state index < -0.39 is 0 Å². The zero-order valence-corrected chi connectivity index (χ0v) is 15.6. The van der Waals surface area contributed by atoms with Crippen LogP contribution in [0.15, 0.2) is 27.4 Å². The molecule has 1 aromatic carbocycles. The summed E-state index contributed by atoms with van der Waals surface area (Å²) in [5, 5.41) is 1.07. The highest BCUT2D eigenvalue weighted by Crippen LogP contribution is 2.23. The molecule has 0 spiro atoms. The molecule has 24 heavy (non-hydrogen) atoms. The number of rotatable bonds is 5. The summed E-state index contributed by atoms with van der Waals surface area (Å²) < 4.78 is 5.40. The Hall–Kier alpha value is -1.30. The molecule has 5 heteroatoms. The average molecular weight is 346 g/mol. The molecule has 0 amide bonds. The summed E-state index contributed by atoms with van der Waals surface area (Å²) in [7, 11) is 0. The van der Waals surface area contributed by atoms with Gasteiger partial charge in [-0.15, -0.1) is 0 Å². The van der Waals surface area contributed by atoms with Crippen molar-refractivity contribution in [1.82, 2.24) is 9.80 Å². The van der Waals surface area contributed by atoms with Crippen LogP contribution in [-0.2, 0) is 6.54 Å². The van der Waals surface area contributed by atoms with Crippen molar-refractivity contribution in [3.05, 3.63) is 45.3 Å². The van der Waals surface area contributed by atoms with Gasteiger partial charge in [0.1, 0.15) is 5.58 Å². The van der Waals surface area contributed by atoms with Gasteiger partial charge in [0.15, 0.2) is 0 Å². The Morgan fingerprint density at radius 3 is 2.42 bits per heavy atom. The molecule has 0 bridgehead atoms. The summed E-state index contributed by atoms with van der Waals surface area (Å²) in [6.07, 6.45) is 2.16. The maximum atomic E-state index is 11.9. The van der Waals surface area contributed by atoms with E-state index in [9.17, 15) is 4.79 Å². The second-order valence-corrected chi connectivity index (χ2v) is 7.62. The van der Waals surface area contributed by atoms with Crippen LogP contribution < -0.4 is 5.63 Å². The molecule has 0 unspecified atom stereocenters. The predicted molar refractivity (Wildman–Crippen MR) is 102 cm³/mol. The third-order valence-corrected chi connectivity index (χ3v) is 5.51. The van der Waals surface area contributed by atoms with E-state index in [0.29, 0.717) is 5.58 Å². The molecule has 1 aromatic heterocycles. The van der Waals surface area contributed by atoms with Gasteiger partial charge in [-0.05, 0) is 48.9 Å². The Kier molecular flexibility index (Phi) is 5.64. The molecule has 3 rings (SSSR count). The topological polar surface area (TPSA) is 36.7 Å². The molecule has 0 saturated carbocycles. The number of benzene rings is 1. The molecule has 0 aliphatic carbocycles. The minimum absolute atomic E-state index is 0.251. The Bertz CT molecular complexity index is 764. The van der Waals surface area contributed by atoms with Crippen molar-refractivity contribution in [3.63, 3.8) is 0 Å². The molecule has 1 saturated heterocycles. The van der Waals surface area contributed by atoms with Gasteiger partial charge in [-0.3, -0.25) is 9.80 Å². The maximum absolute atomic E-state index is 11.9. The second kappa shape index (κ2) is 7.72. The fraction of sp³-hybridized carbons (Fsp3) is 0.526. The lowest BCUT2D eigenvalue weighted by Crippen LogP contribution is -2.46. The SMILES string of the molecule is CSCCN1CCN(Cc2cc(=O)oc3cc(C)c(C)cc23)CC1. The molecular weight excluding hydrogens is 320 g/mol. The zero-order chi connectivity index (χ0) is 17.1. The molecule has 2 heterocycles. The lowest BCUT2D eigenvalue weighted by molar-refractivity contribution is 0.133. The van der Waals surface area contributed by atoms with Crippen molar-refractivity contribution in [2.24, 2.45) is 0 Å². The summed E-state index contributed by atoms with van der Waals surface area (Å²) in [4.78, 5) is 16.9. The second-order valence-electron chi connectivity index (χ2n) is 6.63. The van der Waals surface area contributed by atoms with E-state index in [0.717, 1.165) is 49.2 Å². The third-order valence-electron chi connectivity index (χ3n) is 4.91. The van der Waals surface area contributed by atoms with Crippen molar-refractivity contribution in [1.29, 1.82) is 0 Å². The van der Waals surface area contributed by atoms with Gasteiger partial charge in [-0.1, -0.05) is 0 Å².